The summed E-state index contributed by atoms with van der Waals surface area (Å²) >= 11 is 3.24. The Kier molecular flexibility index (Phi) is 3.00. The summed E-state index contributed by atoms with van der Waals surface area (Å²) < 4.78 is 0.630. The lowest BCUT2D eigenvalue weighted by Gasteiger charge is -2.04. The van der Waals surface area contributed by atoms with Gasteiger partial charge in [0.1, 0.15) is 10.3 Å². The van der Waals surface area contributed by atoms with Crippen molar-refractivity contribution in [1.29, 1.82) is 0 Å². The summed E-state index contributed by atoms with van der Waals surface area (Å²) in [5.41, 5.74) is 2.00. The van der Waals surface area contributed by atoms with Gasteiger partial charge in [-0.25, -0.2) is 4.98 Å². The van der Waals surface area contributed by atoms with Crippen LogP contribution >= 0.6 is 15.9 Å². The van der Waals surface area contributed by atoms with Crippen LogP contribution in [0.3, 0.4) is 0 Å². The lowest BCUT2D eigenvalue weighted by Crippen LogP contribution is -2.13. The molecule has 0 unspecified atom stereocenters. The molecule has 0 aliphatic heterocycles. The Morgan fingerprint density at radius 1 is 1.26 bits per heavy atom. The number of anilines is 1. The van der Waals surface area contributed by atoms with Crippen LogP contribution in [0.15, 0.2) is 47.2 Å². The van der Waals surface area contributed by atoms with Gasteiger partial charge in [-0.15, -0.1) is 0 Å². The fourth-order valence-electron chi connectivity index (χ4n) is 1.75. The summed E-state index contributed by atoms with van der Waals surface area (Å²) in [7, 11) is 0. The number of pyridine rings is 1. The zero-order chi connectivity index (χ0) is 13.2. The largest absolute Gasteiger partial charge is 0.321 e. The maximum Gasteiger partial charge on any atom is 0.274 e. The molecular formula is C13H9BrN4O. The van der Waals surface area contributed by atoms with E-state index in [0.717, 1.165) is 10.9 Å². The summed E-state index contributed by atoms with van der Waals surface area (Å²) in [5.74, 6) is -0.246. The molecule has 0 atom stereocenters. The van der Waals surface area contributed by atoms with Gasteiger partial charge in [0.2, 0.25) is 0 Å². The Balaban J connectivity index is 1.86. The summed E-state index contributed by atoms with van der Waals surface area (Å²) in [4.78, 5) is 16.1. The molecule has 0 fully saturated rings. The van der Waals surface area contributed by atoms with Gasteiger partial charge in [-0.2, -0.15) is 5.10 Å². The molecule has 0 saturated carbocycles. The van der Waals surface area contributed by atoms with Crippen LogP contribution in [0.4, 0.5) is 5.69 Å². The van der Waals surface area contributed by atoms with Gasteiger partial charge >= 0.3 is 0 Å². The molecule has 1 aromatic carbocycles. The van der Waals surface area contributed by atoms with Crippen LogP contribution in [0.5, 0.6) is 0 Å². The maximum absolute atomic E-state index is 12.0. The third-order valence-corrected chi connectivity index (χ3v) is 3.09. The number of halogens is 1. The molecule has 2 N–H and O–H groups in total. The number of H-pyrrole nitrogens is 1. The van der Waals surface area contributed by atoms with Crippen LogP contribution in [-0.2, 0) is 0 Å². The fraction of sp³-hybridized carbons (Fsp3) is 0. The van der Waals surface area contributed by atoms with E-state index in [2.05, 4.69) is 36.4 Å². The number of hydrogen-bond donors (Lipinski definition) is 2. The number of benzene rings is 1. The van der Waals surface area contributed by atoms with Crippen LogP contribution in [0, 0.1) is 0 Å². The molecule has 94 valence electrons. The summed E-state index contributed by atoms with van der Waals surface area (Å²) in [6.45, 7) is 0. The number of hydrogen-bond acceptors (Lipinski definition) is 3. The summed E-state index contributed by atoms with van der Waals surface area (Å²) in [6, 6.07) is 10.7. The number of nitrogens with zero attached hydrogens (tertiary/aromatic N) is 2. The predicted molar refractivity (Wildman–Crippen MR) is 76.0 cm³/mol. The quantitative estimate of drug-likeness (QED) is 0.714. The Labute approximate surface area is 117 Å². The SMILES string of the molecule is O=C(Nc1ccc2[nH]ncc2c1)c1cccc(Br)n1. The minimum absolute atomic E-state index is 0.246. The molecule has 0 radical (unpaired) electrons. The molecule has 5 nitrogen and oxygen atoms in total. The first kappa shape index (κ1) is 11.9. The van der Waals surface area contributed by atoms with E-state index in [1.807, 2.05) is 18.2 Å². The Hall–Kier alpha value is -2.21. The van der Waals surface area contributed by atoms with E-state index in [0.29, 0.717) is 16.0 Å². The van der Waals surface area contributed by atoms with Crippen LogP contribution in [-0.4, -0.2) is 21.1 Å². The molecule has 0 aliphatic rings. The van der Waals surface area contributed by atoms with Gasteiger partial charge in [0.25, 0.3) is 5.91 Å². The van der Waals surface area contributed by atoms with Crippen molar-refractivity contribution in [3.8, 4) is 0 Å². The normalized spacial score (nSPS) is 10.6. The van der Waals surface area contributed by atoms with Gasteiger partial charge in [0.15, 0.2) is 0 Å². The van der Waals surface area contributed by atoms with Gasteiger partial charge < -0.3 is 5.32 Å². The minimum Gasteiger partial charge on any atom is -0.321 e. The first-order valence-corrected chi connectivity index (χ1v) is 6.39. The monoisotopic (exact) mass is 316 g/mol. The number of rotatable bonds is 2. The maximum atomic E-state index is 12.0. The first-order valence-electron chi connectivity index (χ1n) is 5.59. The average molecular weight is 317 g/mol. The Morgan fingerprint density at radius 2 is 2.16 bits per heavy atom. The van der Waals surface area contributed by atoms with E-state index in [1.54, 1.807) is 24.4 Å². The van der Waals surface area contributed by atoms with E-state index in [1.165, 1.54) is 0 Å². The van der Waals surface area contributed by atoms with Gasteiger partial charge in [-0.05, 0) is 46.3 Å². The number of carbonyl (C=O) groups excluding carboxylic acids is 1. The summed E-state index contributed by atoms with van der Waals surface area (Å²) in [5, 5.41) is 10.5. The van der Waals surface area contributed by atoms with Crippen molar-refractivity contribution in [2.24, 2.45) is 0 Å². The van der Waals surface area contributed by atoms with Gasteiger partial charge in [-0.3, -0.25) is 9.89 Å². The highest BCUT2D eigenvalue weighted by Crippen LogP contribution is 2.17. The van der Waals surface area contributed by atoms with E-state index in [9.17, 15) is 4.79 Å². The zero-order valence-corrected chi connectivity index (χ0v) is 11.3. The van der Waals surface area contributed by atoms with Crippen LogP contribution < -0.4 is 5.32 Å². The van der Waals surface area contributed by atoms with Crippen molar-refractivity contribution in [2.75, 3.05) is 5.32 Å². The van der Waals surface area contributed by atoms with Crippen LogP contribution in [0.25, 0.3) is 10.9 Å². The fourth-order valence-corrected chi connectivity index (χ4v) is 2.09. The second-order valence-electron chi connectivity index (χ2n) is 3.97. The number of aromatic amines is 1. The zero-order valence-electron chi connectivity index (χ0n) is 9.72. The second kappa shape index (κ2) is 4.81. The highest BCUT2D eigenvalue weighted by Gasteiger charge is 2.08. The average Bonchev–Trinajstić information content (AvgIpc) is 2.86. The van der Waals surface area contributed by atoms with Crippen LogP contribution in [0.1, 0.15) is 10.5 Å². The number of fused-ring (bicyclic) bond motifs is 1. The topological polar surface area (TPSA) is 70.7 Å². The molecule has 6 heteroatoms. The van der Waals surface area contributed by atoms with Crippen molar-refractivity contribution in [3.05, 3.63) is 52.9 Å². The smallest absolute Gasteiger partial charge is 0.274 e. The van der Waals surface area contributed by atoms with E-state index in [4.69, 9.17) is 0 Å². The highest BCUT2D eigenvalue weighted by atomic mass is 79.9. The van der Waals surface area contributed by atoms with Crippen molar-refractivity contribution in [1.82, 2.24) is 15.2 Å². The van der Waals surface area contributed by atoms with Gasteiger partial charge in [0, 0.05) is 11.1 Å². The first-order chi connectivity index (χ1) is 9.22. The molecular weight excluding hydrogens is 308 g/mol. The number of carbonyl (C=O) groups is 1. The van der Waals surface area contributed by atoms with E-state index >= 15 is 0 Å². The van der Waals surface area contributed by atoms with Crippen molar-refractivity contribution in [2.45, 2.75) is 0 Å². The Morgan fingerprint density at radius 3 is 3.00 bits per heavy atom. The van der Waals surface area contributed by atoms with Crippen molar-refractivity contribution < 1.29 is 4.79 Å². The number of amides is 1. The van der Waals surface area contributed by atoms with Crippen molar-refractivity contribution >= 4 is 38.4 Å². The number of nitrogens with one attached hydrogen (secondary N) is 2. The molecule has 3 aromatic rings. The minimum atomic E-state index is -0.246. The van der Waals surface area contributed by atoms with Crippen molar-refractivity contribution in [3.63, 3.8) is 0 Å². The highest BCUT2D eigenvalue weighted by molar-refractivity contribution is 9.10. The van der Waals surface area contributed by atoms with Gasteiger partial charge in [0.05, 0.1) is 11.7 Å². The molecule has 0 bridgehead atoms. The molecule has 3 rings (SSSR count). The summed E-state index contributed by atoms with van der Waals surface area (Å²) in [6.07, 6.45) is 1.71. The second-order valence-corrected chi connectivity index (χ2v) is 4.78. The number of aromatic nitrogens is 3. The van der Waals surface area contributed by atoms with Crippen LogP contribution in [0.2, 0.25) is 0 Å². The third-order valence-electron chi connectivity index (χ3n) is 2.65. The molecule has 2 heterocycles. The predicted octanol–water partition coefficient (Wildman–Crippen LogP) is 2.97. The molecule has 0 spiro atoms. The lowest BCUT2D eigenvalue weighted by molar-refractivity contribution is 0.102. The Bertz CT molecular complexity index is 753. The molecule has 0 saturated heterocycles. The standard InChI is InChI=1S/C13H9BrN4O/c14-12-3-1-2-11(17-12)13(19)16-9-4-5-10-8(6-9)7-15-18-10/h1-7H,(H,15,18)(H,16,19). The van der Waals surface area contributed by atoms with Gasteiger partial charge in [-0.1, -0.05) is 6.07 Å². The van der Waals surface area contributed by atoms with E-state index in [-0.39, 0.29) is 5.91 Å². The lowest BCUT2D eigenvalue weighted by atomic mass is 10.2. The molecule has 1 amide bonds. The third kappa shape index (κ3) is 2.48. The molecule has 0 aliphatic carbocycles. The molecule has 2 aromatic heterocycles. The molecule has 19 heavy (non-hydrogen) atoms. The van der Waals surface area contributed by atoms with E-state index < -0.39 is 0 Å².